The third-order valence-electron chi connectivity index (χ3n) is 3.77. The summed E-state index contributed by atoms with van der Waals surface area (Å²) in [6.07, 6.45) is 14.1. The molecule has 0 aliphatic heterocycles. The molecule has 20 heavy (non-hydrogen) atoms. The molecule has 0 saturated heterocycles. The van der Waals surface area contributed by atoms with Crippen LogP contribution in [-0.2, 0) is 6.42 Å². The van der Waals surface area contributed by atoms with Crippen molar-refractivity contribution in [2.75, 3.05) is 0 Å². The van der Waals surface area contributed by atoms with Crippen molar-refractivity contribution in [2.24, 2.45) is 0 Å². The summed E-state index contributed by atoms with van der Waals surface area (Å²) in [5, 5.41) is 0. The van der Waals surface area contributed by atoms with Crippen molar-refractivity contribution >= 4 is 6.08 Å². The molecule has 0 unspecified atom stereocenters. The van der Waals surface area contributed by atoms with Crippen LogP contribution in [0.3, 0.4) is 0 Å². The molecule has 0 spiro atoms. The zero-order valence-corrected chi connectivity index (χ0v) is 13.5. The maximum absolute atomic E-state index is 5.95. The second kappa shape index (κ2) is 9.63. The molecular formula is C19H30O. The summed E-state index contributed by atoms with van der Waals surface area (Å²) >= 11 is 0. The normalized spacial score (nSPS) is 11.8. The van der Waals surface area contributed by atoms with Gasteiger partial charge in [0.2, 0.25) is 0 Å². The Balaban J connectivity index is 2.45. The van der Waals surface area contributed by atoms with Gasteiger partial charge in [-0.25, -0.2) is 0 Å². The standard InChI is InChI=1S/C19H30O/c1-5-8-9-10-11-12-13-18-14-16(4)19(20-18)15-17(6-2)7-3/h6,14-15H,2,5,7-13H2,1,3-4H3/b17-15+. The average Bonchev–Trinajstić information content (AvgIpc) is 2.80. The van der Waals surface area contributed by atoms with Crippen LogP contribution in [-0.4, -0.2) is 0 Å². The molecule has 0 radical (unpaired) electrons. The van der Waals surface area contributed by atoms with Crippen LogP contribution in [0, 0.1) is 6.92 Å². The second-order valence-corrected chi connectivity index (χ2v) is 5.55. The summed E-state index contributed by atoms with van der Waals surface area (Å²) in [5.41, 5.74) is 2.47. The topological polar surface area (TPSA) is 13.1 Å². The van der Waals surface area contributed by atoms with Gasteiger partial charge < -0.3 is 4.42 Å². The van der Waals surface area contributed by atoms with Crippen LogP contribution in [0.1, 0.15) is 75.9 Å². The first-order valence-electron chi connectivity index (χ1n) is 8.13. The van der Waals surface area contributed by atoms with Crippen molar-refractivity contribution in [1.29, 1.82) is 0 Å². The number of rotatable bonds is 10. The maximum Gasteiger partial charge on any atom is 0.130 e. The molecule has 0 fully saturated rings. The van der Waals surface area contributed by atoms with Crippen molar-refractivity contribution in [1.82, 2.24) is 0 Å². The summed E-state index contributed by atoms with van der Waals surface area (Å²) in [4.78, 5) is 0. The van der Waals surface area contributed by atoms with Gasteiger partial charge in [0.15, 0.2) is 0 Å². The van der Waals surface area contributed by atoms with E-state index < -0.39 is 0 Å². The molecule has 1 aromatic heterocycles. The Labute approximate surface area is 124 Å². The van der Waals surface area contributed by atoms with E-state index >= 15 is 0 Å². The number of allylic oxidation sites excluding steroid dienone is 2. The molecule has 0 aromatic carbocycles. The van der Waals surface area contributed by atoms with Crippen LogP contribution in [0.5, 0.6) is 0 Å². The van der Waals surface area contributed by atoms with E-state index in [1.54, 1.807) is 0 Å². The third-order valence-corrected chi connectivity index (χ3v) is 3.77. The SMILES string of the molecule is C=C/C(=C\c1oc(CCCCCCCC)cc1C)CC. The molecule has 112 valence electrons. The minimum absolute atomic E-state index is 0.996. The predicted molar refractivity (Wildman–Crippen MR) is 89.0 cm³/mol. The maximum atomic E-state index is 5.95. The van der Waals surface area contributed by atoms with E-state index in [1.807, 2.05) is 6.08 Å². The number of hydrogen-bond acceptors (Lipinski definition) is 1. The Bertz CT molecular complexity index is 423. The van der Waals surface area contributed by atoms with Crippen molar-refractivity contribution in [3.63, 3.8) is 0 Å². The van der Waals surface area contributed by atoms with Crippen LogP contribution < -0.4 is 0 Å². The molecule has 1 heterocycles. The predicted octanol–water partition coefficient (Wildman–Crippen LogP) is 6.47. The van der Waals surface area contributed by atoms with Gasteiger partial charge in [0.05, 0.1) is 0 Å². The van der Waals surface area contributed by atoms with E-state index in [9.17, 15) is 0 Å². The first-order valence-corrected chi connectivity index (χ1v) is 8.13. The van der Waals surface area contributed by atoms with E-state index in [2.05, 4.69) is 39.5 Å². The van der Waals surface area contributed by atoms with E-state index in [0.29, 0.717) is 0 Å². The number of furan rings is 1. The molecule has 1 heteroatoms. The van der Waals surface area contributed by atoms with Gasteiger partial charge in [-0.15, -0.1) is 0 Å². The minimum atomic E-state index is 0.996. The van der Waals surface area contributed by atoms with Gasteiger partial charge in [-0.2, -0.15) is 0 Å². The Morgan fingerprint density at radius 2 is 1.85 bits per heavy atom. The third kappa shape index (κ3) is 5.81. The van der Waals surface area contributed by atoms with E-state index in [0.717, 1.165) is 24.4 Å². The summed E-state index contributed by atoms with van der Waals surface area (Å²) in [5.74, 6) is 2.13. The second-order valence-electron chi connectivity index (χ2n) is 5.55. The fraction of sp³-hybridized carbons (Fsp3) is 0.579. The highest BCUT2D eigenvalue weighted by Gasteiger charge is 2.06. The lowest BCUT2D eigenvalue weighted by Gasteiger charge is -1.99. The number of hydrogen-bond donors (Lipinski definition) is 0. The lowest BCUT2D eigenvalue weighted by Crippen LogP contribution is -1.83. The van der Waals surface area contributed by atoms with Crippen LogP contribution in [0.15, 0.2) is 28.7 Å². The summed E-state index contributed by atoms with van der Waals surface area (Å²) in [7, 11) is 0. The lowest BCUT2D eigenvalue weighted by atomic mass is 10.1. The molecule has 0 saturated carbocycles. The van der Waals surface area contributed by atoms with Gasteiger partial charge in [0.1, 0.15) is 11.5 Å². The van der Waals surface area contributed by atoms with Gasteiger partial charge in [-0.3, -0.25) is 0 Å². The highest BCUT2D eigenvalue weighted by molar-refractivity contribution is 5.54. The van der Waals surface area contributed by atoms with E-state index in [-0.39, 0.29) is 0 Å². The van der Waals surface area contributed by atoms with Crippen molar-refractivity contribution in [3.8, 4) is 0 Å². The average molecular weight is 274 g/mol. The van der Waals surface area contributed by atoms with Crippen molar-refractivity contribution in [2.45, 2.75) is 72.1 Å². The van der Waals surface area contributed by atoms with Gasteiger partial charge in [-0.05, 0) is 43.0 Å². The van der Waals surface area contributed by atoms with E-state index in [4.69, 9.17) is 4.42 Å². The van der Waals surface area contributed by atoms with Gasteiger partial charge in [-0.1, -0.05) is 58.6 Å². The Kier molecular flexibility index (Phi) is 8.10. The fourth-order valence-electron chi connectivity index (χ4n) is 2.38. The quantitative estimate of drug-likeness (QED) is 0.352. The minimum Gasteiger partial charge on any atom is -0.461 e. The Hall–Kier alpha value is -1.24. The summed E-state index contributed by atoms with van der Waals surface area (Å²) in [6, 6.07) is 2.19. The number of unbranched alkanes of at least 4 members (excludes halogenated alkanes) is 5. The van der Waals surface area contributed by atoms with Crippen LogP contribution in [0.4, 0.5) is 0 Å². The van der Waals surface area contributed by atoms with Gasteiger partial charge in [0, 0.05) is 6.42 Å². The van der Waals surface area contributed by atoms with Crippen LogP contribution in [0.2, 0.25) is 0 Å². The highest BCUT2D eigenvalue weighted by Crippen LogP contribution is 2.21. The molecule has 0 bridgehead atoms. The Morgan fingerprint density at radius 3 is 2.50 bits per heavy atom. The fourth-order valence-corrected chi connectivity index (χ4v) is 2.38. The first-order chi connectivity index (χ1) is 9.71. The molecule has 0 N–H and O–H groups in total. The van der Waals surface area contributed by atoms with Gasteiger partial charge in [0.25, 0.3) is 0 Å². The van der Waals surface area contributed by atoms with Crippen LogP contribution in [0.25, 0.3) is 6.08 Å². The van der Waals surface area contributed by atoms with Gasteiger partial charge >= 0.3 is 0 Å². The molecule has 1 nitrogen and oxygen atoms in total. The molecule has 1 aromatic rings. The molecule has 0 aliphatic carbocycles. The van der Waals surface area contributed by atoms with Crippen LogP contribution >= 0.6 is 0 Å². The summed E-state index contributed by atoms with van der Waals surface area (Å²) < 4.78 is 5.95. The number of aryl methyl sites for hydroxylation is 2. The smallest absolute Gasteiger partial charge is 0.130 e. The molecular weight excluding hydrogens is 244 g/mol. The zero-order chi connectivity index (χ0) is 14.8. The highest BCUT2D eigenvalue weighted by atomic mass is 16.3. The zero-order valence-electron chi connectivity index (χ0n) is 13.5. The molecule has 1 rings (SSSR count). The van der Waals surface area contributed by atoms with Crippen molar-refractivity contribution in [3.05, 3.63) is 41.4 Å². The summed E-state index contributed by atoms with van der Waals surface area (Å²) in [6.45, 7) is 10.4. The van der Waals surface area contributed by atoms with E-state index in [1.165, 1.54) is 49.7 Å². The largest absolute Gasteiger partial charge is 0.461 e. The monoisotopic (exact) mass is 274 g/mol. The van der Waals surface area contributed by atoms with Crippen molar-refractivity contribution < 1.29 is 4.42 Å². The molecule has 0 aliphatic rings. The Morgan fingerprint density at radius 1 is 1.15 bits per heavy atom. The lowest BCUT2D eigenvalue weighted by molar-refractivity contribution is 0.484. The molecule has 0 amide bonds. The first kappa shape index (κ1) is 16.8. The molecule has 0 atom stereocenters.